The first-order valence-electron chi connectivity index (χ1n) is 12.2. The molecule has 3 fully saturated rings. The monoisotopic (exact) mass is 476 g/mol. The van der Waals surface area contributed by atoms with Crippen molar-refractivity contribution >= 4 is 18.0 Å². The molecule has 2 saturated carbocycles. The predicted molar refractivity (Wildman–Crippen MR) is 126 cm³/mol. The van der Waals surface area contributed by atoms with Crippen molar-refractivity contribution in [1.29, 1.82) is 0 Å². The van der Waals surface area contributed by atoms with E-state index < -0.39 is 23.6 Å². The van der Waals surface area contributed by atoms with Crippen molar-refractivity contribution in [3.8, 4) is 11.1 Å². The SMILES string of the molecule is O=C(N[C@@H]1C[C@H]2C[C@@]2(C(=O)N2CCOC(C(=O)O)C2)C1)OCC1c2ccccc2-c2ccccc21. The number of carboxylic acids is 1. The largest absolute Gasteiger partial charge is 0.479 e. The molecule has 0 spiro atoms. The van der Waals surface area contributed by atoms with Crippen LogP contribution in [0.5, 0.6) is 0 Å². The average Bonchev–Trinajstić information content (AvgIpc) is 3.30. The molecule has 2 aromatic rings. The standard InChI is InChI=1S/C27H28N2O6/c30-24(31)23-14-29(9-10-34-23)25(32)27-12-16(27)11-17(13-27)28-26(33)35-15-22-20-7-3-1-5-18(20)19-6-2-4-8-21(19)22/h1-8,16-17,22-23H,9-15H2,(H,28,33)(H,30,31)/t16-,17+,23?,27+/m0/s1. The van der Waals surface area contributed by atoms with Crippen molar-refractivity contribution in [2.75, 3.05) is 26.3 Å². The van der Waals surface area contributed by atoms with E-state index in [4.69, 9.17) is 9.47 Å². The third kappa shape index (κ3) is 3.76. The van der Waals surface area contributed by atoms with Gasteiger partial charge in [-0.15, -0.1) is 0 Å². The van der Waals surface area contributed by atoms with Gasteiger partial charge in [0.1, 0.15) is 6.61 Å². The molecule has 4 aliphatic rings. The van der Waals surface area contributed by atoms with Crippen molar-refractivity contribution in [1.82, 2.24) is 10.2 Å². The Balaban J connectivity index is 1.06. The van der Waals surface area contributed by atoms with Gasteiger partial charge in [-0.1, -0.05) is 48.5 Å². The Morgan fingerprint density at radius 1 is 1.06 bits per heavy atom. The van der Waals surface area contributed by atoms with Gasteiger partial charge < -0.3 is 24.8 Å². The first kappa shape index (κ1) is 22.1. The Kier molecular flexibility index (Phi) is 5.29. The predicted octanol–water partition coefficient (Wildman–Crippen LogP) is 3.01. The van der Waals surface area contributed by atoms with E-state index in [1.807, 2.05) is 24.3 Å². The number of amides is 2. The molecule has 8 heteroatoms. The lowest BCUT2D eigenvalue weighted by atomic mass is 9.98. The Hall–Kier alpha value is -3.39. The van der Waals surface area contributed by atoms with Crippen molar-refractivity contribution in [3.05, 3.63) is 59.7 Å². The molecular formula is C27H28N2O6. The lowest BCUT2D eigenvalue weighted by molar-refractivity contribution is -0.161. The average molecular weight is 477 g/mol. The van der Waals surface area contributed by atoms with E-state index in [0.717, 1.165) is 12.8 Å². The summed E-state index contributed by atoms with van der Waals surface area (Å²) in [5.74, 6) is -0.830. The molecular weight excluding hydrogens is 448 g/mol. The van der Waals surface area contributed by atoms with E-state index in [9.17, 15) is 19.5 Å². The number of fused-ring (bicyclic) bond motifs is 4. The molecule has 2 amide bonds. The summed E-state index contributed by atoms with van der Waals surface area (Å²) < 4.78 is 10.9. The van der Waals surface area contributed by atoms with Crippen LogP contribution in [0.2, 0.25) is 0 Å². The maximum atomic E-state index is 13.2. The van der Waals surface area contributed by atoms with Gasteiger partial charge in [0.15, 0.2) is 6.10 Å². The molecule has 1 unspecified atom stereocenters. The number of morpholine rings is 1. The molecule has 1 saturated heterocycles. The molecule has 182 valence electrons. The van der Waals surface area contributed by atoms with Crippen molar-refractivity contribution in [3.63, 3.8) is 0 Å². The smallest absolute Gasteiger partial charge is 0.407 e. The van der Waals surface area contributed by atoms with Gasteiger partial charge in [0, 0.05) is 18.5 Å². The number of nitrogens with one attached hydrogen (secondary N) is 1. The fourth-order valence-electron chi connectivity index (χ4n) is 6.37. The van der Waals surface area contributed by atoms with Crippen molar-refractivity contribution in [2.45, 2.75) is 37.3 Å². The third-order valence-electron chi connectivity index (χ3n) is 8.13. The number of hydrogen-bond donors (Lipinski definition) is 2. The Morgan fingerprint density at radius 3 is 2.43 bits per heavy atom. The van der Waals surface area contributed by atoms with Gasteiger partial charge in [0.25, 0.3) is 0 Å². The van der Waals surface area contributed by atoms with E-state index in [-0.39, 0.29) is 43.5 Å². The molecule has 3 aliphatic carbocycles. The maximum absolute atomic E-state index is 13.2. The second kappa shape index (κ2) is 8.37. The lowest BCUT2D eigenvalue weighted by Crippen LogP contribution is -2.51. The molecule has 4 atom stereocenters. The van der Waals surface area contributed by atoms with E-state index in [1.54, 1.807) is 4.90 Å². The Morgan fingerprint density at radius 2 is 1.74 bits per heavy atom. The molecule has 1 heterocycles. The molecule has 0 aromatic heterocycles. The molecule has 6 rings (SSSR count). The van der Waals surface area contributed by atoms with Crippen LogP contribution in [0, 0.1) is 11.3 Å². The minimum atomic E-state index is -1.05. The zero-order valence-electron chi connectivity index (χ0n) is 19.3. The minimum Gasteiger partial charge on any atom is -0.479 e. The summed E-state index contributed by atoms with van der Waals surface area (Å²) >= 11 is 0. The molecule has 1 aliphatic heterocycles. The highest BCUT2D eigenvalue weighted by molar-refractivity contribution is 5.88. The van der Waals surface area contributed by atoms with E-state index in [0.29, 0.717) is 13.0 Å². The summed E-state index contributed by atoms with van der Waals surface area (Å²) in [7, 11) is 0. The van der Waals surface area contributed by atoms with Crippen LogP contribution in [0.15, 0.2) is 48.5 Å². The number of benzene rings is 2. The van der Waals surface area contributed by atoms with Gasteiger partial charge in [0.2, 0.25) is 5.91 Å². The second-order valence-corrected chi connectivity index (χ2v) is 10.1. The number of ether oxygens (including phenoxy) is 2. The first-order valence-corrected chi connectivity index (χ1v) is 12.2. The molecule has 0 radical (unpaired) electrons. The number of carbonyl (C=O) groups excluding carboxylic acids is 2. The van der Waals surface area contributed by atoms with Crippen LogP contribution in [0.25, 0.3) is 11.1 Å². The first-order chi connectivity index (χ1) is 17.0. The summed E-state index contributed by atoms with van der Waals surface area (Å²) in [5.41, 5.74) is 4.21. The minimum absolute atomic E-state index is 0.00144. The molecule has 35 heavy (non-hydrogen) atoms. The van der Waals surface area contributed by atoms with Crippen molar-refractivity contribution < 1.29 is 29.0 Å². The van der Waals surface area contributed by atoms with Gasteiger partial charge in [-0.05, 0) is 47.4 Å². The molecule has 2 aromatic carbocycles. The van der Waals surface area contributed by atoms with Gasteiger partial charge >= 0.3 is 12.1 Å². The van der Waals surface area contributed by atoms with E-state index >= 15 is 0 Å². The highest BCUT2D eigenvalue weighted by Crippen LogP contribution is 2.64. The number of nitrogens with zero attached hydrogens (tertiary/aromatic N) is 1. The van der Waals surface area contributed by atoms with Crippen LogP contribution in [-0.2, 0) is 19.1 Å². The zero-order chi connectivity index (χ0) is 24.2. The number of carbonyl (C=O) groups is 3. The van der Waals surface area contributed by atoms with Crippen LogP contribution in [0.4, 0.5) is 4.79 Å². The van der Waals surface area contributed by atoms with Gasteiger partial charge in [-0.25, -0.2) is 9.59 Å². The van der Waals surface area contributed by atoms with Gasteiger partial charge in [-0.3, -0.25) is 4.79 Å². The Labute approximate surface area is 203 Å². The quantitative estimate of drug-likeness (QED) is 0.688. The maximum Gasteiger partial charge on any atom is 0.407 e. The van der Waals surface area contributed by atoms with E-state index in [1.165, 1.54) is 22.3 Å². The summed E-state index contributed by atoms with van der Waals surface area (Å²) in [4.78, 5) is 38.8. The highest BCUT2D eigenvalue weighted by atomic mass is 16.5. The zero-order valence-corrected chi connectivity index (χ0v) is 19.3. The fourth-order valence-corrected chi connectivity index (χ4v) is 6.37. The topological polar surface area (TPSA) is 105 Å². The van der Waals surface area contributed by atoms with Crippen LogP contribution < -0.4 is 5.32 Å². The fraction of sp³-hybridized carbons (Fsp3) is 0.444. The molecule has 2 N–H and O–H groups in total. The summed E-state index contributed by atoms with van der Waals surface area (Å²) in [6.45, 7) is 0.962. The molecule has 0 bridgehead atoms. The normalized spacial score (nSPS) is 28.6. The second-order valence-electron chi connectivity index (χ2n) is 10.1. The highest BCUT2D eigenvalue weighted by Gasteiger charge is 2.66. The van der Waals surface area contributed by atoms with E-state index in [2.05, 4.69) is 29.6 Å². The van der Waals surface area contributed by atoms with Gasteiger partial charge in [-0.2, -0.15) is 0 Å². The summed E-state index contributed by atoms with van der Waals surface area (Å²) in [6.07, 6.45) is 0.665. The van der Waals surface area contributed by atoms with Crippen LogP contribution in [-0.4, -0.2) is 66.4 Å². The van der Waals surface area contributed by atoms with Gasteiger partial charge in [0.05, 0.1) is 18.6 Å². The van der Waals surface area contributed by atoms with Crippen LogP contribution in [0.1, 0.15) is 36.3 Å². The van der Waals surface area contributed by atoms with Crippen LogP contribution >= 0.6 is 0 Å². The summed E-state index contributed by atoms with van der Waals surface area (Å²) in [5, 5.41) is 12.2. The Bertz CT molecular complexity index is 1150. The van der Waals surface area contributed by atoms with Crippen LogP contribution in [0.3, 0.4) is 0 Å². The van der Waals surface area contributed by atoms with Crippen molar-refractivity contribution in [2.24, 2.45) is 11.3 Å². The third-order valence-corrected chi connectivity index (χ3v) is 8.13. The number of carboxylic acid groups (broad SMARTS) is 1. The summed E-state index contributed by atoms with van der Waals surface area (Å²) in [6, 6.07) is 16.3. The number of rotatable bonds is 5. The lowest BCUT2D eigenvalue weighted by Gasteiger charge is -2.33. The number of hydrogen-bond acceptors (Lipinski definition) is 5. The number of alkyl carbamates (subject to hydrolysis) is 1. The number of aliphatic carboxylic acids is 1. The molecule has 8 nitrogen and oxygen atoms in total.